The maximum Gasteiger partial charge on any atom is 0.248 e. The van der Waals surface area contributed by atoms with Gasteiger partial charge in [-0.1, -0.05) is 30.1 Å². The molecule has 1 saturated carbocycles. The van der Waals surface area contributed by atoms with Crippen LogP contribution in [0.25, 0.3) is 22.8 Å². The molecule has 6 rings (SSSR count). The van der Waals surface area contributed by atoms with Crippen LogP contribution in [0.1, 0.15) is 61.2 Å². The minimum Gasteiger partial charge on any atom is -0.369 e. The Morgan fingerprint density at radius 3 is 2.66 bits per heavy atom. The smallest absolute Gasteiger partial charge is 0.248 e. The highest BCUT2D eigenvalue weighted by Crippen LogP contribution is 2.35. The molecule has 0 unspecified atom stereocenters. The number of nitrogens with two attached hydrogens (primary N) is 1. The summed E-state index contributed by atoms with van der Waals surface area (Å²) in [5, 5.41) is 7.70. The highest BCUT2D eigenvalue weighted by Gasteiger charge is 2.30. The summed E-state index contributed by atoms with van der Waals surface area (Å²) in [4.78, 5) is 31.9. The Bertz CT molecular complexity index is 1490. The van der Waals surface area contributed by atoms with Crippen molar-refractivity contribution in [2.24, 2.45) is 17.6 Å². The van der Waals surface area contributed by atoms with Crippen molar-refractivity contribution in [3.63, 3.8) is 0 Å². The fourth-order valence-electron chi connectivity index (χ4n) is 6.32. The first-order chi connectivity index (χ1) is 20.0. The van der Waals surface area contributed by atoms with Gasteiger partial charge in [0.1, 0.15) is 5.82 Å². The van der Waals surface area contributed by atoms with E-state index in [-0.39, 0.29) is 0 Å². The average molecular weight is 553 g/mol. The summed E-state index contributed by atoms with van der Waals surface area (Å²) in [7, 11) is 0. The summed E-state index contributed by atoms with van der Waals surface area (Å²) >= 11 is 0. The number of nitrogens with one attached hydrogen (secondary N) is 1. The van der Waals surface area contributed by atoms with Gasteiger partial charge in [-0.05, 0) is 79.3 Å². The van der Waals surface area contributed by atoms with Gasteiger partial charge in [-0.3, -0.25) is 4.79 Å². The van der Waals surface area contributed by atoms with Crippen LogP contribution in [-0.2, 0) is 0 Å². The summed E-state index contributed by atoms with van der Waals surface area (Å²) in [6.45, 7) is 3.78. The molecule has 4 heterocycles. The first-order valence-corrected chi connectivity index (χ1v) is 14.5. The molecule has 1 aromatic carbocycles. The van der Waals surface area contributed by atoms with Crippen LogP contribution in [0, 0.1) is 18.8 Å². The van der Waals surface area contributed by atoms with Gasteiger partial charge >= 0.3 is 0 Å². The summed E-state index contributed by atoms with van der Waals surface area (Å²) in [5.41, 5.74) is 9.02. The maximum absolute atomic E-state index is 11.7. The second kappa shape index (κ2) is 12.0. The van der Waals surface area contributed by atoms with Gasteiger partial charge in [0.15, 0.2) is 0 Å². The minimum atomic E-state index is -0.422. The van der Waals surface area contributed by atoms with E-state index in [4.69, 9.17) is 10.3 Å². The standard InChI is InChI=1S/C31H36N8O2/c1-20-36-31(38-41-20)30-34-17-26(18-35-30)39-13-5-6-21(19-39)14-24-7-2-3-10-27(24)37-28-16-23(11-12-33-28)22-8-4-9-25(15-22)29(32)40/h4,8-9,11-12,15-18,21,24,27H,2-3,5-7,10,13-14,19H2,1H3,(H2,32,40)(H,33,37)/t21-,24+,27-/m1/s1. The summed E-state index contributed by atoms with van der Waals surface area (Å²) in [6.07, 6.45) is 14.1. The van der Waals surface area contributed by atoms with Crippen molar-refractivity contribution in [1.29, 1.82) is 0 Å². The Kier molecular flexibility index (Phi) is 7.89. The molecule has 4 aromatic rings. The van der Waals surface area contributed by atoms with Gasteiger partial charge in [0.05, 0.1) is 18.1 Å². The zero-order valence-electron chi connectivity index (χ0n) is 23.4. The van der Waals surface area contributed by atoms with Crippen LogP contribution in [0.2, 0.25) is 0 Å². The summed E-state index contributed by atoms with van der Waals surface area (Å²) in [5.74, 6) is 3.07. The molecule has 1 aliphatic heterocycles. The van der Waals surface area contributed by atoms with E-state index in [0.717, 1.165) is 48.6 Å². The number of hydrogen-bond donors (Lipinski definition) is 2. The lowest BCUT2D eigenvalue weighted by Gasteiger charge is -2.39. The molecule has 2 aliphatic rings. The van der Waals surface area contributed by atoms with Gasteiger partial charge in [0.2, 0.25) is 23.4 Å². The Morgan fingerprint density at radius 1 is 1.02 bits per heavy atom. The van der Waals surface area contributed by atoms with E-state index in [0.29, 0.717) is 41.0 Å². The first kappa shape index (κ1) is 26.9. The van der Waals surface area contributed by atoms with Crippen LogP contribution in [0.4, 0.5) is 11.5 Å². The molecular formula is C31H36N8O2. The number of nitrogens with zero attached hydrogens (tertiary/aromatic N) is 6. The number of aromatic nitrogens is 5. The number of hydrogen-bond acceptors (Lipinski definition) is 9. The molecule has 10 nitrogen and oxygen atoms in total. The lowest BCUT2D eigenvalue weighted by atomic mass is 9.77. The van der Waals surface area contributed by atoms with Crippen molar-refractivity contribution >= 4 is 17.4 Å². The molecule has 0 spiro atoms. The Labute approximate surface area is 239 Å². The Hall–Kier alpha value is -4.34. The molecule has 3 atom stereocenters. The third-order valence-electron chi connectivity index (χ3n) is 8.37. The van der Waals surface area contributed by atoms with Crippen molar-refractivity contribution in [3.8, 4) is 22.8 Å². The fraction of sp³-hybridized carbons (Fsp3) is 0.419. The molecular weight excluding hydrogens is 516 g/mol. The molecule has 0 bridgehead atoms. The van der Waals surface area contributed by atoms with Crippen molar-refractivity contribution in [1.82, 2.24) is 25.1 Å². The average Bonchev–Trinajstić information content (AvgIpc) is 3.45. The van der Waals surface area contributed by atoms with Crippen molar-refractivity contribution < 1.29 is 9.32 Å². The quantitative estimate of drug-likeness (QED) is 0.299. The highest BCUT2D eigenvalue weighted by atomic mass is 16.5. The number of benzene rings is 1. The topological polar surface area (TPSA) is 136 Å². The highest BCUT2D eigenvalue weighted by molar-refractivity contribution is 5.94. The number of aryl methyl sites for hydroxylation is 1. The lowest BCUT2D eigenvalue weighted by molar-refractivity contribution is 0.100. The van der Waals surface area contributed by atoms with Gasteiger partial charge < -0.3 is 20.5 Å². The van der Waals surface area contributed by atoms with E-state index >= 15 is 0 Å². The number of carbonyl (C=O) groups is 1. The van der Waals surface area contributed by atoms with E-state index in [9.17, 15) is 4.79 Å². The van der Waals surface area contributed by atoms with Gasteiger partial charge in [0.25, 0.3) is 0 Å². The van der Waals surface area contributed by atoms with Crippen molar-refractivity contribution in [3.05, 3.63) is 66.4 Å². The molecule has 1 saturated heterocycles. The van der Waals surface area contributed by atoms with Gasteiger partial charge in [-0.2, -0.15) is 4.98 Å². The Balaban J connectivity index is 1.10. The minimum absolute atomic E-state index is 0.389. The van der Waals surface area contributed by atoms with E-state index < -0.39 is 5.91 Å². The molecule has 0 radical (unpaired) electrons. The number of anilines is 2. The zero-order valence-corrected chi connectivity index (χ0v) is 23.4. The van der Waals surface area contributed by atoms with Crippen molar-refractivity contribution in [2.75, 3.05) is 23.3 Å². The normalized spacial score (nSPS) is 21.0. The van der Waals surface area contributed by atoms with E-state index in [1.54, 1.807) is 13.0 Å². The Morgan fingerprint density at radius 2 is 1.85 bits per heavy atom. The van der Waals surface area contributed by atoms with Crippen LogP contribution in [0.5, 0.6) is 0 Å². The fourth-order valence-corrected chi connectivity index (χ4v) is 6.32. The third kappa shape index (κ3) is 6.37. The zero-order chi connectivity index (χ0) is 28.2. The number of rotatable bonds is 8. The molecule has 41 heavy (non-hydrogen) atoms. The molecule has 1 aliphatic carbocycles. The van der Waals surface area contributed by atoms with Crippen LogP contribution < -0.4 is 16.0 Å². The summed E-state index contributed by atoms with van der Waals surface area (Å²) < 4.78 is 5.06. The van der Waals surface area contributed by atoms with E-state index in [1.165, 1.54) is 32.1 Å². The monoisotopic (exact) mass is 552 g/mol. The maximum atomic E-state index is 11.7. The molecule has 2 fully saturated rings. The molecule has 3 N–H and O–H groups in total. The van der Waals surface area contributed by atoms with Crippen LogP contribution in [0.15, 0.2) is 59.5 Å². The number of pyridine rings is 1. The first-order valence-electron chi connectivity index (χ1n) is 14.5. The number of carbonyl (C=O) groups excluding carboxylic acids is 1. The second-order valence-corrected chi connectivity index (χ2v) is 11.3. The summed E-state index contributed by atoms with van der Waals surface area (Å²) in [6, 6.07) is 11.9. The predicted octanol–water partition coefficient (Wildman–Crippen LogP) is 5.27. The number of piperidine rings is 1. The predicted molar refractivity (Wildman–Crippen MR) is 157 cm³/mol. The lowest BCUT2D eigenvalue weighted by Crippen LogP contribution is -2.39. The molecule has 3 aromatic heterocycles. The van der Waals surface area contributed by atoms with E-state index in [2.05, 4.69) is 41.4 Å². The number of amides is 1. The van der Waals surface area contributed by atoms with Crippen LogP contribution in [0.3, 0.4) is 0 Å². The molecule has 1 amide bonds. The largest absolute Gasteiger partial charge is 0.369 e. The SMILES string of the molecule is Cc1nc(-c2ncc(N3CCC[C@H](C[C@@H]4CCCC[C@H]4Nc4cc(-c5cccc(C(N)=O)c5)ccn4)C3)cn2)no1. The van der Waals surface area contributed by atoms with Crippen molar-refractivity contribution in [2.45, 2.75) is 57.9 Å². The van der Waals surface area contributed by atoms with Gasteiger partial charge in [0, 0.05) is 37.8 Å². The third-order valence-corrected chi connectivity index (χ3v) is 8.37. The van der Waals surface area contributed by atoms with E-state index in [1.807, 2.05) is 42.9 Å². The second-order valence-electron chi connectivity index (χ2n) is 11.3. The van der Waals surface area contributed by atoms with Crippen LogP contribution in [-0.4, -0.2) is 50.1 Å². The molecule has 212 valence electrons. The van der Waals surface area contributed by atoms with Gasteiger partial charge in [-0.25, -0.2) is 15.0 Å². The molecule has 10 heteroatoms. The number of primary amides is 1. The van der Waals surface area contributed by atoms with Gasteiger partial charge in [-0.15, -0.1) is 0 Å². The van der Waals surface area contributed by atoms with Crippen LogP contribution >= 0.6 is 0 Å².